The lowest BCUT2D eigenvalue weighted by Gasteiger charge is -2.05. The van der Waals surface area contributed by atoms with Gasteiger partial charge in [0.25, 0.3) is 5.91 Å². The normalized spacial score (nSPS) is 10.6. The molecule has 2 amide bonds. The Balaban J connectivity index is 1.35. The van der Waals surface area contributed by atoms with Crippen LogP contribution in [0, 0.1) is 6.92 Å². The van der Waals surface area contributed by atoms with Crippen molar-refractivity contribution in [3.63, 3.8) is 0 Å². The van der Waals surface area contributed by atoms with Crippen molar-refractivity contribution in [1.82, 2.24) is 9.97 Å². The average molecular weight is 497 g/mol. The Morgan fingerprint density at radius 1 is 1.06 bits per heavy atom. The Bertz CT molecular complexity index is 1220. The number of furan rings is 1. The number of benzene rings is 1. The van der Waals surface area contributed by atoms with Crippen molar-refractivity contribution in [2.75, 3.05) is 10.6 Å². The molecule has 0 aliphatic rings. The fourth-order valence-electron chi connectivity index (χ4n) is 2.87. The van der Waals surface area contributed by atoms with Gasteiger partial charge in [-0.05, 0) is 64.8 Å². The summed E-state index contributed by atoms with van der Waals surface area (Å²) in [5, 5.41) is 6.13. The second kappa shape index (κ2) is 9.23. The monoisotopic (exact) mass is 496 g/mol. The van der Waals surface area contributed by atoms with Crippen LogP contribution in [0.5, 0.6) is 0 Å². The maximum atomic E-state index is 12.4. The molecule has 0 unspecified atom stereocenters. The van der Waals surface area contributed by atoms with Crippen LogP contribution in [0.2, 0.25) is 0 Å². The van der Waals surface area contributed by atoms with E-state index in [1.54, 1.807) is 42.6 Å². The highest BCUT2D eigenvalue weighted by molar-refractivity contribution is 9.10. The van der Waals surface area contributed by atoms with Crippen molar-refractivity contribution in [3.8, 4) is 10.6 Å². The Kier molecular flexibility index (Phi) is 6.24. The average Bonchev–Trinajstić information content (AvgIpc) is 3.35. The molecule has 0 spiro atoms. The lowest BCUT2D eigenvalue weighted by atomic mass is 10.1. The number of hydrogen-bond acceptors (Lipinski definition) is 6. The van der Waals surface area contributed by atoms with Crippen molar-refractivity contribution >= 4 is 49.9 Å². The van der Waals surface area contributed by atoms with Crippen LogP contribution in [0.25, 0.3) is 10.6 Å². The van der Waals surface area contributed by atoms with E-state index in [9.17, 15) is 9.59 Å². The van der Waals surface area contributed by atoms with Crippen LogP contribution in [0.15, 0.2) is 69.9 Å². The molecule has 0 saturated carbocycles. The molecular weight excluding hydrogens is 480 g/mol. The Hall–Kier alpha value is -3.30. The summed E-state index contributed by atoms with van der Waals surface area (Å²) in [6.07, 6.45) is 1.92. The van der Waals surface area contributed by atoms with Gasteiger partial charge in [-0.15, -0.1) is 0 Å². The number of aromatic nitrogens is 2. The zero-order valence-electron chi connectivity index (χ0n) is 16.4. The van der Waals surface area contributed by atoms with E-state index in [0.717, 1.165) is 21.8 Å². The molecule has 0 aliphatic heterocycles. The standard InChI is InChI=1S/C22H17BrN4O3S/c1-13-20(16-4-2-3-11-24-16)31-22(25-13)27-19(28)12-14-5-7-15(8-6-14)26-21(29)17-9-10-18(23)30-17/h2-11H,12H2,1H3,(H,26,29)(H,25,27,28). The largest absolute Gasteiger partial charge is 0.444 e. The van der Waals surface area contributed by atoms with E-state index in [2.05, 4.69) is 36.5 Å². The molecular formula is C22H17BrN4O3S. The molecule has 3 heterocycles. The summed E-state index contributed by atoms with van der Waals surface area (Å²) in [6, 6.07) is 16.0. The summed E-state index contributed by atoms with van der Waals surface area (Å²) in [5.74, 6) is -0.309. The van der Waals surface area contributed by atoms with Gasteiger partial charge in [-0.2, -0.15) is 0 Å². The molecule has 7 nitrogen and oxygen atoms in total. The van der Waals surface area contributed by atoms with Gasteiger partial charge in [0.05, 0.1) is 22.7 Å². The number of pyridine rings is 1. The van der Waals surface area contributed by atoms with E-state index in [1.807, 2.05) is 25.1 Å². The van der Waals surface area contributed by atoms with Gasteiger partial charge in [0.2, 0.25) is 5.91 Å². The summed E-state index contributed by atoms with van der Waals surface area (Å²) >= 11 is 4.56. The molecule has 0 radical (unpaired) electrons. The third-order valence-corrected chi connectivity index (χ3v) is 5.84. The molecule has 0 aliphatic carbocycles. The number of halogens is 1. The predicted octanol–water partition coefficient (Wildman–Crippen LogP) is 5.30. The molecule has 0 atom stereocenters. The predicted molar refractivity (Wildman–Crippen MR) is 123 cm³/mol. The molecule has 1 aromatic carbocycles. The molecule has 31 heavy (non-hydrogen) atoms. The van der Waals surface area contributed by atoms with Crippen molar-refractivity contribution < 1.29 is 14.0 Å². The molecule has 0 bridgehead atoms. The topological polar surface area (TPSA) is 97.1 Å². The van der Waals surface area contributed by atoms with Gasteiger partial charge in [0.15, 0.2) is 15.6 Å². The number of aryl methyl sites for hydroxylation is 1. The van der Waals surface area contributed by atoms with Gasteiger partial charge in [0.1, 0.15) is 0 Å². The van der Waals surface area contributed by atoms with E-state index in [-0.39, 0.29) is 24.0 Å². The zero-order valence-corrected chi connectivity index (χ0v) is 18.8. The number of anilines is 2. The van der Waals surface area contributed by atoms with Gasteiger partial charge >= 0.3 is 0 Å². The van der Waals surface area contributed by atoms with Crippen molar-refractivity contribution in [3.05, 3.63) is 82.5 Å². The lowest BCUT2D eigenvalue weighted by Crippen LogP contribution is -2.14. The van der Waals surface area contributed by atoms with E-state index in [1.165, 1.54) is 11.3 Å². The summed E-state index contributed by atoms with van der Waals surface area (Å²) in [4.78, 5) is 34.3. The second-order valence-corrected chi connectivity index (χ2v) is 8.41. The van der Waals surface area contributed by atoms with E-state index < -0.39 is 0 Å². The van der Waals surface area contributed by atoms with Gasteiger partial charge in [-0.1, -0.05) is 29.5 Å². The van der Waals surface area contributed by atoms with Crippen LogP contribution in [0.3, 0.4) is 0 Å². The van der Waals surface area contributed by atoms with Crippen molar-refractivity contribution in [2.24, 2.45) is 0 Å². The number of hydrogen-bond donors (Lipinski definition) is 2. The SMILES string of the molecule is Cc1nc(NC(=O)Cc2ccc(NC(=O)c3ccc(Br)o3)cc2)sc1-c1ccccn1. The number of nitrogens with zero attached hydrogens (tertiary/aromatic N) is 2. The fourth-order valence-corrected chi connectivity index (χ4v) is 4.13. The highest BCUT2D eigenvalue weighted by atomic mass is 79.9. The van der Waals surface area contributed by atoms with Crippen LogP contribution in [0.4, 0.5) is 10.8 Å². The van der Waals surface area contributed by atoms with Crippen LogP contribution < -0.4 is 10.6 Å². The van der Waals surface area contributed by atoms with E-state index in [0.29, 0.717) is 15.5 Å². The minimum Gasteiger partial charge on any atom is -0.444 e. The third kappa shape index (κ3) is 5.25. The Morgan fingerprint density at radius 2 is 1.87 bits per heavy atom. The minimum absolute atomic E-state index is 0.168. The van der Waals surface area contributed by atoms with Gasteiger partial charge in [-0.3, -0.25) is 14.6 Å². The quantitative estimate of drug-likeness (QED) is 0.377. The van der Waals surface area contributed by atoms with Gasteiger partial charge in [-0.25, -0.2) is 4.98 Å². The molecule has 156 valence electrons. The first kappa shape index (κ1) is 21.0. The minimum atomic E-state index is -0.348. The lowest BCUT2D eigenvalue weighted by molar-refractivity contribution is -0.115. The number of thiazole rings is 1. The van der Waals surface area contributed by atoms with Gasteiger partial charge < -0.3 is 15.1 Å². The first-order valence-corrected chi connectivity index (χ1v) is 10.9. The smallest absolute Gasteiger partial charge is 0.291 e. The molecule has 2 N–H and O–H groups in total. The first-order valence-electron chi connectivity index (χ1n) is 9.32. The zero-order chi connectivity index (χ0) is 21.8. The highest BCUT2D eigenvalue weighted by Gasteiger charge is 2.14. The molecule has 3 aromatic heterocycles. The number of nitrogens with one attached hydrogen (secondary N) is 2. The van der Waals surface area contributed by atoms with Crippen LogP contribution in [-0.4, -0.2) is 21.8 Å². The maximum absolute atomic E-state index is 12.4. The van der Waals surface area contributed by atoms with Crippen LogP contribution >= 0.6 is 27.3 Å². The third-order valence-electron chi connectivity index (χ3n) is 4.31. The van der Waals surface area contributed by atoms with Gasteiger partial charge in [0, 0.05) is 11.9 Å². The number of carbonyl (C=O) groups is 2. The summed E-state index contributed by atoms with van der Waals surface area (Å²) in [5.41, 5.74) is 3.08. The summed E-state index contributed by atoms with van der Waals surface area (Å²) in [7, 11) is 0. The van der Waals surface area contributed by atoms with E-state index >= 15 is 0 Å². The molecule has 9 heteroatoms. The van der Waals surface area contributed by atoms with Crippen molar-refractivity contribution in [2.45, 2.75) is 13.3 Å². The molecule has 4 rings (SSSR count). The van der Waals surface area contributed by atoms with Crippen LogP contribution in [0.1, 0.15) is 21.8 Å². The van der Waals surface area contributed by atoms with E-state index in [4.69, 9.17) is 4.42 Å². The Morgan fingerprint density at radius 3 is 2.55 bits per heavy atom. The number of amides is 2. The summed E-state index contributed by atoms with van der Waals surface area (Å²) < 4.78 is 5.72. The highest BCUT2D eigenvalue weighted by Crippen LogP contribution is 2.31. The summed E-state index contributed by atoms with van der Waals surface area (Å²) in [6.45, 7) is 1.89. The molecule has 0 fully saturated rings. The molecule has 0 saturated heterocycles. The van der Waals surface area contributed by atoms with Crippen molar-refractivity contribution in [1.29, 1.82) is 0 Å². The number of carbonyl (C=O) groups excluding carboxylic acids is 2. The Labute approximate surface area is 190 Å². The second-order valence-electron chi connectivity index (χ2n) is 6.63. The number of rotatable bonds is 6. The maximum Gasteiger partial charge on any atom is 0.291 e. The van der Waals surface area contributed by atoms with Crippen LogP contribution in [-0.2, 0) is 11.2 Å². The fraction of sp³-hybridized carbons (Fsp3) is 0.0909. The molecule has 4 aromatic rings. The first-order chi connectivity index (χ1) is 15.0.